The number of benzene rings is 1. The first-order valence-corrected chi connectivity index (χ1v) is 6.28. The maximum absolute atomic E-state index is 12.2. The van der Waals surface area contributed by atoms with Gasteiger partial charge in [0.15, 0.2) is 6.61 Å². The third-order valence-electron chi connectivity index (χ3n) is 2.77. The SMILES string of the molecule is FC(F)(F)COc1cc(Cl)ccc1N1CCNCC1. The summed E-state index contributed by atoms with van der Waals surface area (Å²) in [4.78, 5) is 1.98. The van der Waals surface area contributed by atoms with Crippen LogP contribution >= 0.6 is 11.6 Å². The second-order valence-electron chi connectivity index (χ2n) is 4.25. The maximum atomic E-state index is 12.2. The predicted octanol–water partition coefficient (Wildman–Crippen LogP) is 2.69. The fourth-order valence-electron chi connectivity index (χ4n) is 1.93. The molecule has 1 N–H and O–H groups in total. The molecule has 0 aliphatic carbocycles. The van der Waals surface area contributed by atoms with Crippen LogP contribution in [0.3, 0.4) is 0 Å². The molecule has 2 rings (SSSR count). The van der Waals surface area contributed by atoms with E-state index in [0.29, 0.717) is 10.7 Å². The lowest BCUT2D eigenvalue weighted by Crippen LogP contribution is -2.43. The topological polar surface area (TPSA) is 24.5 Å². The Labute approximate surface area is 114 Å². The van der Waals surface area contributed by atoms with Gasteiger partial charge in [0.05, 0.1) is 5.69 Å². The van der Waals surface area contributed by atoms with Crippen molar-refractivity contribution in [3.05, 3.63) is 23.2 Å². The van der Waals surface area contributed by atoms with E-state index in [4.69, 9.17) is 16.3 Å². The Kier molecular flexibility index (Phi) is 4.42. The van der Waals surface area contributed by atoms with Gasteiger partial charge >= 0.3 is 6.18 Å². The summed E-state index contributed by atoms with van der Waals surface area (Å²) < 4.78 is 41.6. The van der Waals surface area contributed by atoms with Crippen LogP contribution in [0.15, 0.2) is 18.2 Å². The van der Waals surface area contributed by atoms with E-state index >= 15 is 0 Å². The first-order valence-electron chi connectivity index (χ1n) is 5.90. The summed E-state index contributed by atoms with van der Waals surface area (Å²) in [7, 11) is 0. The van der Waals surface area contributed by atoms with Crippen LogP contribution in [0, 0.1) is 0 Å². The van der Waals surface area contributed by atoms with Crippen molar-refractivity contribution in [3.63, 3.8) is 0 Å². The van der Waals surface area contributed by atoms with Crippen LogP contribution in [0.5, 0.6) is 5.75 Å². The number of ether oxygens (including phenoxy) is 1. The van der Waals surface area contributed by atoms with Crippen molar-refractivity contribution in [1.82, 2.24) is 5.32 Å². The summed E-state index contributed by atoms with van der Waals surface area (Å²) in [6.07, 6.45) is -4.36. The molecule has 0 saturated carbocycles. The van der Waals surface area contributed by atoms with Crippen LogP contribution in [0.2, 0.25) is 5.02 Å². The molecule has 1 heterocycles. The van der Waals surface area contributed by atoms with Gasteiger partial charge in [0.1, 0.15) is 5.75 Å². The van der Waals surface area contributed by atoms with E-state index in [9.17, 15) is 13.2 Å². The zero-order valence-electron chi connectivity index (χ0n) is 10.1. The summed E-state index contributed by atoms with van der Waals surface area (Å²) in [5.41, 5.74) is 0.648. The van der Waals surface area contributed by atoms with Gasteiger partial charge in [-0.05, 0) is 12.1 Å². The van der Waals surface area contributed by atoms with Crippen LogP contribution in [0.1, 0.15) is 0 Å². The minimum Gasteiger partial charge on any atom is -0.482 e. The van der Waals surface area contributed by atoms with Gasteiger partial charge in [-0.25, -0.2) is 0 Å². The van der Waals surface area contributed by atoms with Gasteiger partial charge in [0, 0.05) is 37.3 Å². The highest BCUT2D eigenvalue weighted by atomic mass is 35.5. The molecule has 7 heteroatoms. The molecule has 1 aliphatic heterocycles. The molecule has 0 radical (unpaired) electrons. The third-order valence-corrected chi connectivity index (χ3v) is 3.01. The number of halogens is 4. The lowest BCUT2D eigenvalue weighted by atomic mass is 10.2. The Bertz CT molecular complexity index is 433. The molecule has 0 spiro atoms. The number of nitrogens with zero attached hydrogens (tertiary/aromatic N) is 1. The Hall–Kier alpha value is -1.14. The number of hydrogen-bond acceptors (Lipinski definition) is 3. The second-order valence-corrected chi connectivity index (χ2v) is 4.69. The Morgan fingerprint density at radius 3 is 2.58 bits per heavy atom. The predicted molar refractivity (Wildman–Crippen MR) is 68.1 cm³/mol. The van der Waals surface area contributed by atoms with Gasteiger partial charge in [-0.1, -0.05) is 11.6 Å². The van der Waals surface area contributed by atoms with Gasteiger partial charge in [0.25, 0.3) is 0 Å². The van der Waals surface area contributed by atoms with E-state index in [1.54, 1.807) is 12.1 Å². The Morgan fingerprint density at radius 1 is 1.26 bits per heavy atom. The van der Waals surface area contributed by atoms with Gasteiger partial charge < -0.3 is 15.0 Å². The van der Waals surface area contributed by atoms with Crippen molar-refractivity contribution in [3.8, 4) is 5.75 Å². The molecule has 0 bridgehead atoms. The van der Waals surface area contributed by atoms with Crippen LogP contribution in [-0.4, -0.2) is 39.0 Å². The van der Waals surface area contributed by atoms with Crippen LogP contribution in [0.25, 0.3) is 0 Å². The summed E-state index contributed by atoms with van der Waals surface area (Å²) in [5.74, 6) is 0.173. The number of nitrogens with one attached hydrogen (secondary N) is 1. The van der Waals surface area contributed by atoms with Crippen molar-refractivity contribution in [2.75, 3.05) is 37.7 Å². The van der Waals surface area contributed by atoms with E-state index in [1.165, 1.54) is 6.07 Å². The van der Waals surface area contributed by atoms with E-state index in [1.807, 2.05) is 4.90 Å². The summed E-state index contributed by atoms with van der Waals surface area (Å²) in [6, 6.07) is 4.77. The fraction of sp³-hybridized carbons (Fsp3) is 0.500. The van der Waals surface area contributed by atoms with Crippen molar-refractivity contribution >= 4 is 17.3 Å². The van der Waals surface area contributed by atoms with Crippen LogP contribution < -0.4 is 15.0 Å². The van der Waals surface area contributed by atoms with Gasteiger partial charge in [0.2, 0.25) is 0 Å². The fourth-order valence-corrected chi connectivity index (χ4v) is 2.09. The molecule has 3 nitrogen and oxygen atoms in total. The van der Waals surface area contributed by atoms with Crippen molar-refractivity contribution in [2.24, 2.45) is 0 Å². The number of hydrogen-bond donors (Lipinski definition) is 1. The lowest BCUT2D eigenvalue weighted by Gasteiger charge is -2.31. The van der Waals surface area contributed by atoms with E-state index < -0.39 is 12.8 Å². The van der Waals surface area contributed by atoms with Crippen molar-refractivity contribution in [2.45, 2.75) is 6.18 Å². The van der Waals surface area contributed by atoms with Gasteiger partial charge in [-0.15, -0.1) is 0 Å². The van der Waals surface area contributed by atoms with Gasteiger partial charge in [-0.2, -0.15) is 13.2 Å². The average molecular weight is 295 g/mol. The molecule has 0 aromatic heterocycles. The molecule has 1 aliphatic rings. The quantitative estimate of drug-likeness (QED) is 0.928. The van der Waals surface area contributed by atoms with Crippen LogP contribution in [-0.2, 0) is 0 Å². The summed E-state index contributed by atoms with van der Waals surface area (Å²) in [6.45, 7) is 1.73. The third kappa shape index (κ3) is 4.18. The summed E-state index contributed by atoms with van der Waals surface area (Å²) >= 11 is 5.81. The number of anilines is 1. The van der Waals surface area contributed by atoms with Gasteiger partial charge in [-0.3, -0.25) is 0 Å². The minimum absolute atomic E-state index is 0.173. The molecular weight excluding hydrogens is 281 g/mol. The monoisotopic (exact) mass is 294 g/mol. The first kappa shape index (κ1) is 14.3. The van der Waals surface area contributed by atoms with E-state index in [-0.39, 0.29) is 5.75 Å². The molecule has 1 aromatic carbocycles. The smallest absolute Gasteiger partial charge is 0.422 e. The highest BCUT2D eigenvalue weighted by Gasteiger charge is 2.29. The zero-order valence-corrected chi connectivity index (χ0v) is 10.9. The lowest BCUT2D eigenvalue weighted by molar-refractivity contribution is -0.153. The minimum atomic E-state index is -4.36. The highest BCUT2D eigenvalue weighted by Crippen LogP contribution is 2.32. The molecule has 1 saturated heterocycles. The number of rotatable bonds is 3. The normalized spacial score (nSPS) is 16.5. The summed E-state index contributed by atoms with van der Waals surface area (Å²) in [5, 5.41) is 3.54. The molecule has 0 amide bonds. The first-order chi connectivity index (χ1) is 8.96. The standard InChI is InChI=1S/C12H14ClF3N2O/c13-9-1-2-10(18-5-3-17-4-6-18)11(7-9)19-8-12(14,15)16/h1-2,7,17H,3-6,8H2. The second kappa shape index (κ2) is 5.88. The van der Waals surface area contributed by atoms with Crippen LogP contribution in [0.4, 0.5) is 18.9 Å². The zero-order chi connectivity index (χ0) is 13.9. The molecule has 1 fully saturated rings. The molecule has 1 aromatic rings. The van der Waals surface area contributed by atoms with E-state index in [2.05, 4.69) is 5.32 Å². The Balaban J connectivity index is 2.17. The number of alkyl halides is 3. The maximum Gasteiger partial charge on any atom is 0.422 e. The molecular formula is C12H14ClF3N2O. The molecule has 0 unspecified atom stereocenters. The molecule has 19 heavy (non-hydrogen) atoms. The number of piperazine rings is 1. The molecule has 0 atom stereocenters. The molecule has 106 valence electrons. The van der Waals surface area contributed by atoms with E-state index in [0.717, 1.165) is 26.2 Å². The Morgan fingerprint density at radius 2 is 1.95 bits per heavy atom. The highest BCUT2D eigenvalue weighted by molar-refractivity contribution is 6.30. The van der Waals surface area contributed by atoms with Crippen molar-refractivity contribution in [1.29, 1.82) is 0 Å². The largest absolute Gasteiger partial charge is 0.482 e. The van der Waals surface area contributed by atoms with Crippen molar-refractivity contribution < 1.29 is 17.9 Å². The average Bonchev–Trinajstić information content (AvgIpc) is 2.37.